The first-order valence-electron chi connectivity index (χ1n) is 7.28. The van der Waals surface area contributed by atoms with Gasteiger partial charge in [-0.1, -0.05) is 55.8 Å². The smallest absolute Gasteiger partial charge is 0.338 e. The molecule has 0 bridgehead atoms. The predicted octanol–water partition coefficient (Wildman–Crippen LogP) is 3.19. The monoisotopic (exact) mass is 317 g/mol. The second-order valence-corrected chi connectivity index (χ2v) is 4.96. The third-order valence-corrected chi connectivity index (χ3v) is 3.06. The van der Waals surface area contributed by atoms with E-state index < -0.39 is 23.3 Å². The average molecular weight is 317 g/mol. The Morgan fingerprint density at radius 1 is 1.09 bits per heavy atom. The largest absolute Gasteiger partial charge is 0.478 e. The maximum absolute atomic E-state index is 13.0. The van der Waals surface area contributed by atoms with Crippen molar-refractivity contribution in [3.63, 3.8) is 0 Å². The number of aromatic carboxylic acids is 1. The molecular weight excluding hydrogens is 297 g/mol. The Labute approximate surface area is 134 Å². The number of hydrogen-bond acceptors (Lipinski definition) is 2. The number of hydrogen-bond donors (Lipinski definition) is 2. The molecule has 0 spiro atoms. The zero-order valence-corrected chi connectivity index (χ0v) is 13.0. The fourth-order valence-electron chi connectivity index (χ4n) is 2.08. The fourth-order valence-corrected chi connectivity index (χ4v) is 2.08. The molecule has 0 aliphatic rings. The Balaban J connectivity index is 0.000000253. The maximum Gasteiger partial charge on any atom is 0.338 e. The average Bonchev–Trinajstić information content (AvgIpc) is 2.48. The molecule has 0 heterocycles. The number of primary amides is 1. The van der Waals surface area contributed by atoms with Crippen molar-refractivity contribution in [2.45, 2.75) is 26.2 Å². The van der Waals surface area contributed by atoms with E-state index >= 15 is 0 Å². The number of aryl methyl sites for hydroxylation is 1. The van der Waals surface area contributed by atoms with Crippen LogP contribution in [0.4, 0.5) is 4.39 Å². The summed E-state index contributed by atoms with van der Waals surface area (Å²) in [4.78, 5) is 21.2. The molecule has 0 aliphatic heterocycles. The molecule has 0 fully saturated rings. The first-order chi connectivity index (χ1) is 11.0. The molecule has 0 unspecified atom stereocenters. The molecule has 0 radical (unpaired) electrons. The highest BCUT2D eigenvalue weighted by atomic mass is 19.1. The molecule has 2 aromatic rings. The highest BCUT2D eigenvalue weighted by Gasteiger charge is 2.16. The van der Waals surface area contributed by atoms with Crippen molar-refractivity contribution in [1.29, 1.82) is 0 Å². The zero-order valence-electron chi connectivity index (χ0n) is 13.0. The summed E-state index contributed by atoms with van der Waals surface area (Å²) < 4.78 is 13.0. The molecule has 122 valence electrons. The van der Waals surface area contributed by atoms with Crippen LogP contribution in [0, 0.1) is 5.82 Å². The minimum Gasteiger partial charge on any atom is -0.478 e. The summed E-state index contributed by atoms with van der Waals surface area (Å²) in [6, 6.07) is 14.3. The topological polar surface area (TPSA) is 80.4 Å². The number of carbonyl (C=O) groups excluding carboxylic acids is 1. The van der Waals surface area contributed by atoms with Gasteiger partial charge in [-0.05, 0) is 23.6 Å². The minimum atomic E-state index is -1.40. The number of carboxylic acids is 1. The van der Waals surface area contributed by atoms with Gasteiger partial charge in [0.25, 0.3) is 0 Å². The molecule has 5 heteroatoms. The van der Waals surface area contributed by atoms with Crippen LogP contribution in [-0.2, 0) is 17.6 Å². The van der Waals surface area contributed by atoms with E-state index in [9.17, 15) is 14.0 Å². The van der Waals surface area contributed by atoms with Crippen molar-refractivity contribution in [1.82, 2.24) is 0 Å². The summed E-state index contributed by atoms with van der Waals surface area (Å²) in [6.07, 6.45) is 2.17. The number of halogens is 1. The second-order valence-electron chi connectivity index (χ2n) is 4.96. The van der Waals surface area contributed by atoms with Crippen molar-refractivity contribution < 1.29 is 19.1 Å². The van der Waals surface area contributed by atoms with Crippen LogP contribution in [0.2, 0.25) is 0 Å². The highest BCUT2D eigenvalue weighted by Crippen LogP contribution is 2.14. The standard InChI is InChI=1S/C9H8FNO3.C9H12/c10-6-3-1-2-5(4-7(11)12)8(6)9(13)14;1-2-6-9-7-4-3-5-8-9/h1-3H,4H2,(H2,11,12)(H,13,14);3-5,7-8H,2,6H2,1H3. The van der Waals surface area contributed by atoms with Crippen LogP contribution < -0.4 is 5.73 Å². The van der Waals surface area contributed by atoms with Crippen LogP contribution in [0.25, 0.3) is 0 Å². The van der Waals surface area contributed by atoms with Gasteiger partial charge >= 0.3 is 5.97 Å². The third-order valence-electron chi connectivity index (χ3n) is 3.06. The van der Waals surface area contributed by atoms with Crippen LogP contribution in [-0.4, -0.2) is 17.0 Å². The van der Waals surface area contributed by atoms with Gasteiger partial charge in [-0.15, -0.1) is 0 Å². The van der Waals surface area contributed by atoms with E-state index in [0.29, 0.717) is 0 Å². The maximum atomic E-state index is 13.0. The van der Waals surface area contributed by atoms with Crippen LogP contribution >= 0.6 is 0 Å². The minimum absolute atomic E-state index is 0.0880. The van der Waals surface area contributed by atoms with E-state index in [1.165, 1.54) is 30.5 Å². The number of carboxylic acid groups (broad SMARTS) is 1. The molecule has 3 N–H and O–H groups in total. The molecule has 0 aromatic heterocycles. The van der Waals surface area contributed by atoms with E-state index in [2.05, 4.69) is 37.3 Å². The van der Waals surface area contributed by atoms with Crippen LogP contribution in [0.3, 0.4) is 0 Å². The summed E-state index contributed by atoms with van der Waals surface area (Å²) in [6.45, 7) is 2.20. The molecule has 2 aromatic carbocycles. The van der Waals surface area contributed by atoms with E-state index in [0.717, 1.165) is 6.07 Å². The van der Waals surface area contributed by atoms with Gasteiger partial charge in [0.05, 0.1) is 12.0 Å². The lowest BCUT2D eigenvalue weighted by Crippen LogP contribution is -2.17. The van der Waals surface area contributed by atoms with E-state index in [-0.39, 0.29) is 12.0 Å². The molecular formula is C18H20FNO3. The van der Waals surface area contributed by atoms with Gasteiger partial charge in [0.2, 0.25) is 5.91 Å². The van der Waals surface area contributed by atoms with Crippen LogP contribution in [0.15, 0.2) is 48.5 Å². The summed E-state index contributed by atoms with van der Waals surface area (Å²) in [5.41, 5.74) is 5.93. The van der Waals surface area contributed by atoms with Gasteiger partial charge in [0.1, 0.15) is 5.82 Å². The number of rotatable bonds is 5. The normalized spacial score (nSPS) is 9.65. The molecule has 4 nitrogen and oxygen atoms in total. The summed E-state index contributed by atoms with van der Waals surface area (Å²) in [5.74, 6) is -2.96. The quantitative estimate of drug-likeness (QED) is 0.888. The van der Waals surface area contributed by atoms with Gasteiger partial charge in [-0.3, -0.25) is 4.79 Å². The fraction of sp³-hybridized carbons (Fsp3) is 0.222. The van der Waals surface area contributed by atoms with Crippen LogP contribution in [0.5, 0.6) is 0 Å². The highest BCUT2D eigenvalue weighted by molar-refractivity contribution is 5.91. The SMILES string of the molecule is CCCc1ccccc1.NC(=O)Cc1cccc(F)c1C(=O)O. The lowest BCUT2D eigenvalue weighted by atomic mass is 10.0. The van der Waals surface area contributed by atoms with Crippen molar-refractivity contribution in [3.8, 4) is 0 Å². The lowest BCUT2D eigenvalue weighted by molar-refractivity contribution is -0.117. The van der Waals surface area contributed by atoms with E-state index in [4.69, 9.17) is 10.8 Å². The number of carbonyl (C=O) groups is 2. The number of amides is 1. The Hall–Kier alpha value is -2.69. The van der Waals surface area contributed by atoms with E-state index in [1.807, 2.05) is 0 Å². The summed E-state index contributed by atoms with van der Waals surface area (Å²) >= 11 is 0. The van der Waals surface area contributed by atoms with Gasteiger partial charge < -0.3 is 10.8 Å². The molecule has 1 amide bonds. The molecule has 0 atom stereocenters. The van der Waals surface area contributed by atoms with E-state index in [1.54, 1.807) is 0 Å². The predicted molar refractivity (Wildman–Crippen MR) is 86.7 cm³/mol. The molecule has 23 heavy (non-hydrogen) atoms. The Kier molecular flexibility index (Phi) is 7.47. The van der Waals surface area contributed by atoms with Crippen LogP contribution in [0.1, 0.15) is 34.8 Å². The Morgan fingerprint density at radius 2 is 1.74 bits per heavy atom. The Morgan fingerprint density at radius 3 is 2.26 bits per heavy atom. The van der Waals surface area contributed by atoms with Gasteiger partial charge in [0, 0.05) is 0 Å². The van der Waals surface area contributed by atoms with Gasteiger partial charge in [0.15, 0.2) is 0 Å². The van der Waals surface area contributed by atoms with Crippen molar-refractivity contribution in [3.05, 3.63) is 71.0 Å². The second kappa shape index (κ2) is 9.35. The number of benzene rings is 2. The van der Waals surface area contributed by atoms with Crippen molar-refractivity contribution in [2.24, 2.45) is 5.73 Å². The molecule has 0 saturated carbocycles. The first kappa shape index (κ1) is 18.4. The third kappa shape index (κ3) is 6.30. The van der Waals surface area contributed by atoms with Gasteiger partial charge in [-0.2, -0.15) is 0 Å². The Bertz CT molecular complexity index is 657. The zero-order chi connectivity index (χ0) is 17.2. The van der Waals surface area contributed by atoms with Gasteiger partial charge in [-0.25, -0.2) is 9.18 Å². The molecule has 2 rings (SSSR count). The van der Waals surface area contributed by atoms with Crippen molar-refractivity contribution in [2.75, 3.05) is 0 Å². The summed E-state index contributed by atoms with van der Waals surface area (Å²) in [7, 11) is 0. The molecule has 0 aliphatic carbocycles. The molecule has 0 saturated heterocycles. The number of nitrogens with two attached hydrogens (primary N) is 1. The lowest BCUT2D eigenvalue weighted by Gasteiger charge is -2.03. The van der Waals surface area contributed by atoms with Crippen molar-refractivity contribution >= 4 is 11.9 Å². The first-order valence-corrected chi connectivity index (χ1v) is 7.28. The summed E-state index contributed by atoms with van der Waals surface area (Å²) in [5, 5.41) is 8.67.